The first-order chi connectivity index (χ1) is 14.5. The molecule has 4 rings (SSSR count). The maximum absolute atomic E-state index is 13.0. The van der Waals surface area contributed by atoms with Crippen LogP contribution in [0.5, 0.6) is 0 Å². The van der Waals surface area contributed by atoms with Crippen molar-refractivity contribution in [3.8, 4) is 5.69 Å². The van der Waals surface area contributed by atoms with E-state index in [9.17, 15) is 9.59 Å². The first-order valence-electron chi connectivity index (χ1n) is 11.0. The van der Waals surface area contributed by atoms with Gasteiger partial charge in [0, 0.05) is 23.5 Å². The van der Waals surface area contributed by atoms with Crippen LogP contribution < -0.4 is 5.32 Å². The lowest BCUT2D eigenvalue weighted by atomic mass is 9.95. The first kappa shape index (κ1) is 20.4. The van der Waals surface area contributed by atoms with E-state index < -0.39 is 6.04 Å². The van der Waals surface area contributed by atoms with Crippen molar-refractivity contribution in [1.82, 2.24) is 14.7 Å². The third-order valence-corrected chi connectivity index (χ3v) is 6.02. The van der Waals surface area contributed by atoms with E-state index in [4.69, 9.17) is 0 Å². The van der Waals surface area contributed by atoms with Crippen LogP contribution in [0, 0.1) is 13.8 Å². The smallest absolute Gasteiger partial charge is 0.250 e. The molecular formula is C24H30N4O2. The molecule has 1 unspecified atom stereocenters. The van der Waals surface area contributed by atoms with Crippen LogP contribution in [0.4, 0.5) is 5.69 Å². The molecule has 1 aliphatic heterocycles. The van der Waals surface area contributed by atoms with Crippen LogP contribution in [0.1, 0.15) is 56.3 Å². The summed E-state index contributed by atoms with van der Waals surface area (Å²) >= 11 is 0. The molecule has 1 aliphatic carbocycles. The zero-order valence-electron chi connectivity index (χ0n) is 17.9. The molecule has 0 saturated carbocycles. The van der Waals surface area contributed by atoms with E-state index in [0.717, 1.165) is 66.9 Å². The lowest BCUT2D eigenvalue weighted by molar-refractivity contribution is -0.137. The molecule has 0 bridgehead atoms. The predicted octanol–water partition coefficient (Wildman–Crippen LogP) is 4.31. The number of nitrogens with zero attached hydrogens (tertiary/aromatic N) is 3. The highest BCUT2D eigenvalue weighted by atomic mass is 16.2. The Hall–Kier alpha value is -2.89. The molecular weight excluding hydrogens is 376 g/mol. The number of benzene rings is 1. The number of piperidine rings is 1. The summed E-state index contributed by atoms with van der Waals surface area (Å²) in [6, 6.07) is 9.32. The maximum Gasteiger partial charge on any atom is 0.250 e. The number of aromatic nitrogens is 2. The topological polar surface area (TPSA) is 67.2 Å². The van der Waals surface area contributed by atoms with Gasteiger partial charge in [-0.1, -0.05) is 6.08 Å². The van der Waals surface area contributed by atoms with Crippen LogP contribution in [-0.4, -0.2) is 39.1 Å². The number of aryl methyl sites for hydroxylation is 2. The molecule has 1 saturated heterocycles. The number of anilines is 1. The second kappa shape index (κ2) is 8.86. The second-order valence-electron chi connectivity index (χ2n) is 8.36. The molecule has 6 heteroatoms. The Morgan fingerprint density at radius 3 is 2.53 bits per heavy atom. The van der Waals surface area contributed by atoms with Gasteiger partial charge in [-0.05, 0) is 89.1 Å². The van der Waals surface area contributed by atoms with Crippen molar-refractivity contribution in [3.63, 3.8) is 0 Å². The number of hydrogen-bond donors (Lipinski definition) is 1. The molecule has 1 aromatic carbocycles. The van der Waals surface area contributed by atoms with Crippen LogP contribution in [0.2, 0.25) is 0 Å². The van der Waals surface area contributed by atoms with Crippen LogP contribution in [0.15, 0.2) is 42.0 Å². The Morgan fingerprint density at radius 2 is 1.87 bits per heavy atom. The van der Waals surface area contributed by atoms with Gasteiger partial charge in [0.05, 0.1) is 11.4 Å². The summed E-state index contributed by atoms with van der Waals surface area (Å²) in [5.41, 5.74) is 4.62. The normalized spacial score (nSPS) is 19.3. The minimum Gasteiger partial charge on any atom is -0.327 e. The quantitative estimate of drug-likeness (QED) is 0.823. The third-order valence-electron chi connectivity index (χ3n) is 6.02. The van der Waals surface area contributed by atoms with Gasteiger partial charge in [-0.25, -0.2) is 4.68 Å². The lowest BCUT2D eigenvalue weighted by Gasteiger charge is -2.35. The molecule has 0 radical (unpaired) electrons. The largest absolute Gasteiger partial charge is 0.327 e. The molecule has 0 spiro atoms. The average molecular weight is 407 g/mol. The molecule has 2 aliphatic rings. The first-order valence-corrected chi connectivity index (χ1v) is 11.0. The van der Waals surface area contributed by atoms with Crippen LogP contribution in [-0.2, 0) is 9.59 Å². The zero-order chi connectivity index (χ0) is 21.1. The van der Waals surface area contributed by atoms with Crippen molar-refractivity contribution in [1.29, 1.82) is 0 Å². The number of carbonyl (C=O) groups excluding carboxylic acids is 2. The van der Waals surface area contributed by atoms with E-state index >= 15 is 0 Å². The molecule has 1 N–H and O–H groups in total. The molecule has 2 amide bonds. The van der Waals surface area contributed by atoms with Crippen molar-refractivity contribution in [3.05, 3.63) is 53.4 Å². The summed E-state index contributed by atoms with van der Waals surface area (Å²) in [5, 5.41) is 7.51. The highest BCUT2D eigenvalue weighted by molar-refractivity contribution is 6.01. The van der Waals surface area contributed by atoms with Gasteiger partial charge in [-0.2, -0.15) is 5.10 Å². The molecule has 2 heterocycles. The van der Waals surface area contributed by atoms with Crippen molar-refractivity contribution in [2.45, 2.75) is 64.8 Å². The summed E-state index contributed by atoms with van der Waals surface area (Å²) < 4.78 is 1.89. The van der Waals surface area contributed by atoms with Gasteiger partial charge >= 0.3 is 0 Å². The Balaban J connectivity index is 1.45. The van der Waals surface area contributed by atoms with Gasteiger partial charge in [0.15, 0.2) is 0 Å². The van der Waals surface area contributed by atoms with Crippen molar-refractivity contribution in [2.75, 3.05) is 11.9 Å². The Morgan fingerprint density at radius 1 is 1.07 bits per heavy atom. The fourth-order valence-electron chi connectivity index (χ4n) is 4.47. The zero-order valence-corrected chi connectivity index (χ0v) is 17.9. The van der Waals surface area contributed by atoms with E-state index in [2.05, 4.69) is 16.5 Å². The standard InChI is InChI=1S/C24H30N4O2/c1-17-16-18(2)28(26-17)21-13-11-20(12-14-21)25-23(29)22-10-6-7-15-27(22)24(30)19-8-4-3-5-9-19/h8,11-14,16,22H,3-7,9-10,15H2,1-2H3,(H,25,29). The van der Waals surface area contributed by atoms with Gasteiger partial charge in [0.1, 0.15) is 6.04 Å². The minimum atomic E-state index is -0.398. The summed E-state index contributed by atoms with van der Waals surface area (Å²) in [5.74, 6) is -0.0484. The summed E-state index contributed by atoms with van der Waals surface area (Å²) in [6.07, 6.45) is 8.71. The molecule has 30 heavy (non-hydrogen) atoms. The maximum atomic E-state index is 13.0. The fourth-order valence-corrected chi connectivity index (χ4v) is 4.47. The van der Waals surface area contributed by atoms with E-state index in [-0.39, 0.29) is 11.8 Å². The number of nitrogens with one attached hydrogen (secondary N) is 1. The van der Waals surface area contributed by atoms with Gasteiger partial charge in [-0.15, -0.1) is 0 Å². The molecule has 158 valence electrons. The number of likely N-dealkylation sites (tertiary alicyclic amines) is 1. The van der Waals surface area contributed by atoms with Crippen LogP contribution in [0.25, 0.3) is 5.69 Å². The fraction of sp³-hybridized carbons (Fsp3) is 0.458. The highest BCUT2D eigenvalue weighted by Gasteiger charge is 2.33. The Bertz CT molecular complexity index is 958. The van der Waals surface area contributed by atoms with Crippen LogP contribution in [0.3, 0.4) is 0 Å². The monoisotopic (exact) mass is 406 g/mol. The number of rotatable bonds is 4. The summed E-state index contributed by atoms with van der Waals surface area (Å²) in [6.45, 7) is 4.65. The molecule has 6 nitrogen and oxygen atoms in total. The van der Waals surface area contributed by atoms with Crippen LogP contribution >= 0.6 is 0 Å². The Kier molecular flexibility index (Phi) is 6.02. The molecule has 1 aromatic heterocycles. The van der Waals surface area contributed by atoms with Crippen molar-refractivity contribution in [2.24, 2.45) is 0 Å². The lowest BCUT2D eigenvalue weighted by Crippen LogP contribution is -2.50. The molecule has 2 aromatic rings. The van der Waals surface area contributed by atoms with E-state index in [1.165, 1.54) is 0 Å². The van der Waals surface area contributed by atoms with E-state index in [0.29, 0.717) is 13.0 Å². The van der Waals surface area contributed by atoms with Crippen molar-refractivity contribution < 1.29 is 9.59 Å². The second-order valence-corrected chi connectivity index (χ2v) is 8.36. The highest BCUT2D eigenvalue weighted by Crippen LogP contribution is 2.25. The van der Waals surface area contributed by atoms with Gasteiger partial charge in [-0.3, -0.25) is 9.59 Å². The predicted molar refractivity (Wildman–Crippen MR) is 118 cm³/mol. The average Bonchev–Trinajstić information content (AvgIpc) is 3.12. The molecule has 1 fully saturated rings. The Labute approximate surface area is 178 Å². The molecule has 1 atom stereocenters. The summed E-state index contributed by atoms with van der Waals surface area (Å²) in [4.78, 5) is 27.9. The third kappa shape index (κ3) is 4.32. The summed E-state index contributed by atoms with van der Waals surface area (Å²) in [7, 11) is 0. The minimum absolute atomic E-state index is 0.0504. The van der Waals surface area contributed by atoms with E-state index in [1.807, 2.05) is 48.9 Å². The number of allylic oxidation sites excluding steroid dienone is 1. The number of amides is 2. The van der Waals surface area contributed by atoms with Gasteiger partial charge < -0.3 is 10.2 Å². The van der Waals surface area contributed by atoms with Crippen molar-refractivity contribution >= 4 is 17.5 Å². The number of carbonyl (C=O) groups is 2. The SMILES string of the molecule is Cc1cc(C)n(-c2ccc(NC(=O)C3CCCCN3C(=O)C3=CCCCC3)cc2)n1. The van der Waals surface area contributed by atoms with Gasteiger partial charge in [0.25, 0.3) is 0 Å². The van der Waals surface area contributed by atoms with Gasteiger partial charge in [0.2, 0.25) is 11.8 Å². The number of hydrogen-bond acceptors (Lipinski definition) is 3. The van der Waals surface area contributed by atoms with E-state index in [1.54, 1.807) is 4.90 Å².